The second-order valence-electron chi connectivity index (χ2n) is 7.78. The van der Waals surface area contributed by atoms with Gasteiger partial charge in [0, 0.05) is 62.6 Å². The number of nitrogens with zero attached hydrogens (tertiary/aromatic N) is 4. The Balaban J connectivity index is 1.32. The van der Waals surface area contributed by atoms with Crippen molar-refractivity contribution in [3.05, 3.63) is 59.4 Å². The zero-order chi connectivity index (χ0) is 20.0. The molecule has 0 aliphatic carbocycles. The molecule has 0 unspecified atom stereocenters. The summed E-state index contributed by atoms with van der Waals surface area (Å²) in [5, 5.41) is 0.928. The first-order chi connectivity index (χ1) is 14.1. The van der Waals surface area contributed by atoms with Crippen LogP contribution in [0.4, 0.5) is 0 Å². The van der Waals surface area contributed by atoms with Crippen molar-refractivity contribution in [2.75, 3.05) is 19.6 Å². The molecule has 1 aromatic carbocycles. The summed E-state index contributed by atoms with van der Waals surface area (Å²) in [4.78, 5) is 37.5. The lowest BCUT2D eigenvalue weighted by Gasteiger charge is -2.27. The first-order valence-electron chi connectivity index (χ1n) is 9.96. The predicted octanol–water partition coefficient (Wildman–Crippen LogP) is 2.76. The molecule has 2 amide bonds. The molecule has 7 heteroatoms. The molecule has 1 atom stereocenters. The Morgan fingerprint density at radius 1 is 1.17 bits per heavy atom. The van der Waals surface area contributed by atoms with Gasteiger partial charge in [-0.25, -0.2) is 9.97 Å². The minimum absolute atomic E-state index is 0.102. The van der Waals surface area contributed by atoms with E-state index in [-0.39, 0.29) is 17.7 Å². The van der Waals surface area contributed by atoms with Crippen LogP contribution >= 0.6 is 0 Å². The van der Waals surface area contributed by atoms with Gasteiger partial charge in [-0.2, -0.15) is 0 Å². The summed E-state index contributed by atoms with van der Waals surface area (Å²) in [5.74, 6) is 1.36. The van der Waals surface area contributed by atoms with Gasteiger partial charge >= 0.3 is 0 Å². The number of hydrogen-bond donors (Lipinski definition) is 0. The number of aromatic nitrogens is 2. The molecule has 0 spiro atoms. The number of likely N-dealkylation sites (tertiary alicyclic amines) is 1. The molecule has 0 radical (unpaired) electrons. The number of rotatable bonds is 2. The third-order valence-electron chi connectivity index (χ3n) is 5.87. The van der Waals surface area contributed by atoms with Crippen molar-refractivity contribution >= 4 is 22.8 Å². The molecule has 148 valence electrons. The summed E-state index contributed by atoms with van der Waals surface area (Å²) < 4.78 is 5.73. The number of benzene rings is 1. The fraction of sp³-hybridized carbons (Fsp3) is 0.364. The van der Waals surface area contributed by atoms with Crippen molar-refractivity contribution in [1.29, 1.82) is 0 Å². The van der Waals surface area contributed by atoms with Crippen LogP contribution in [-0.4, -0.2) is 51.2 Å². The molecule has 2 aromatic heterocycles. The summed E-state index contributed by atoms with van der Waals surface area (Å²) in [5.41, 5.74) is 2.70. The summed E-state index contributed by atoms with van der Waals surface area (Å²) in [6.07, 6.45) is 3.43. The second kappa shape index (κ2) is 6.99. The molecule has 0 N–H and O–H groups in total. The maximum atomic E-state index is 12.9. The molecule has 0 bridgehead atoms. The Morgan fingerprint density at radius 3 is 2.83 bits per heavy atom. The predicted molar refractivity (Wildman–Crippen MR) is 106 cm³/mol. The highest BCUT2D eigenvalue weighted by atomic mass is 16.3. The summed E-state index contributed by atoms with van der Waals surface area (Å²) in [6.45, 7) is 4.13. The normalized spacial score (nSPS) is 18.9. The van der Waals surface area contributed by atoms with E-state index in [1.165, 1.54) is 0 Å². The van der Waals surface area contributed by atoms with Gasteiger partial charge in [0.15, 0.2) is 5.76 Å². The van der Waals surface area contributed by atoms with E-state index in [1.54, 1.807) is 17.9 Å². The fourth-order valence-electron chi connectivity index (χ4n) is 4.20. The lowest BCUT2D eigenvalue weighted by atomic mass is 10.0. The van der Waals surface area contributed by atoms with Crippen LogP contribution < -0.4 is 0 Å². The smallest absolute Gasteiger partial charge is 0.289 e. The number of carbonyl (C=O) groups is 2. The van der Waals surface area contributed by atoms with Gasteiger partial charge in [0.25, 0.3) is 5.91 Å². The number of furan rings is 1. The van der Waals surface area contributed by atoms with Crippen LogP contribution in [0.5, 0.6) is 0 Å². The van der Waals surface area contributed by atoms with Gasteiger partial charge in [-0.05, 0) is 18.6 Å². The number of amides is 2. The van der Waals surface area contributed by atoms with E-state index in [1.807, 2.05) is 35.4 Å². The largest absolute Gasteiger partial charge is 0.451 e. The molecule has 29 heavy (non-hydrogen) atoms. The van der Waals surface area contributed by atoms with Gasteiger partial charge in [-0.15, -0.1) is 0 Å². The maximum Gasteiger partial charge on any atom is 0.289 e. The molecule has 0 saturated carbocycles. The van der Waals surface area contributed by atoms with Crippen LogP contribution in [0.25, 0.3) is 11.0 Å². The fourth-order valence-corrected chi connectivity index (χ4v) is 4.20. The second-order valence-corrected chi connectivity index (χ2v) is 7.78. The SMILES string of the molecule is CC(=O)N1CC[C@H](c2ncc3c(n2)CCN(C(=O)c2cc4ccccc4o2)C3)C1. The van der Waals surface area contributed by atoms with E-state index in [0.717, 1.165) is 41.0 Å². The molecular formula is C22H22N4O3. The Morgan fingerprint density at radius 2 is 2.03 bits per heavy atom. The monoisotopic (exact) mass is 390 g/mol. The third-order valence-corrected chi connectivity index (χ3v) is 5.87. The highest BCUT2D eigenvalue weighted by molar-refractivity contribution is 5.96. The Kier molecular flexibility index (Phi) is 4.30. The lowest BCUT2D eigenvalue weighted by Crippen LogP contribution is -2.36. The van der Waals surface area contributed by atoms with E-state index < -0.39 is 0 Å². The highest BCUT2D eigenvalue weighted by Crippen LogP contribution is 2.27. The number of carbonyl (C=O) groups excluding carboxylic acids is 2. The quantitative estimate of drug-likeness (QED) is 0.672. The van der Waals surface area contributed by atoms with Crippen LogP contribution in [0.2, 0.25) is 0 Å². The van der Waals surface area contributed by atoms with Crippen LogP contribution in [-0.2, 0) is 17.8 Å². The summed E-state index contributed by atoms with van der Waals surface area (Å²) in [7, 11) is 0. The lowest BCUT2D eigenvalue weighted by molar-refractivity contribution is -0.127. The Labute approximate surface area is 168 Å². The van der Waals surface area contributed by atoms with Gasteiger partial charge in [-0.1, -0.05) is 18.2 Å². The van der Waals surface area contributed by atoms with Crippen LogP contribution in [0.1, 0.15) is 46.9 Å². The van der Waals surface area contributed by atoms with Crippen molar-refractivity contribution in [1.82, 2.24) is 19.8 Å². The van der Waals surface area contributed by atoms with E-state index in [2.05, 4.69) is 4.98 Å². The number of hydrogen-bond acceptors (Lipinski definition) is 5. The summed E-state index contributed by atoms with van der Waals surface area (Å²) in [6, 6.07) is 9.42. The van der Waals surface area contributed by atoms with Gasteiger partial charge < -0.3 is 14.2 Å². The molecule has 2 aliphatic heterocycles. The maximum absolute atomic E-state index is 12.9. The zero-order valence-corrected chi connectivity index (χ0v) is 16.3. The van der Waals surface area contributed by atoms with E-state index >= 15 is 0 Å². The first kappa shape index (κ1) is 17.8. The van der Waals surface area contributed by atoms with Gasteiger partial charge in [0.2, 0.25) is 5.91 Å². The van der Waals surface area contributed by atoms with Crippen molar-refractivity contribution in [2.24, 2.45) is 0 Å². The van der Waals surface area contributed by atoms with Crippen molar-refractivity contribution in [3.63, 3.8) is 0 Å². The average molecular weight is 390 g/mol. The van der Waals surface area contributed by atoms with E-state index in [9.17, 15) is 9.59 Å². The van der Waals surface area contributed by atoms with Crippen molar-refractivity contribution < 1.29 is 14.0 Å². The average Bonchev–Trinajstić information content (AvgIpc) is 3.40. The molecule has 7 nitrogen and oxygen atoms in total. The van der Waals surface area contributed by atoms with Crippen molar-refractivity contribution in [3.8, 4) is 0 Å². The minimum Gasteiger partial charge on any atom is -0.451 e. The van der Waals surface area contributed by atoms with Gasteiger partial charge in [0.05, 0.1) is 5.69 Å². The molecular weight excluding hydrogens is 368 g/mol. The van der Waals surface area contributed by atoms with Crippen LogP contribution in [0.15, 0.2) is 40.9 Å². The Bertz CT molecular complexity index is 1070. The minimum atomic E-state index is -0.108. The van der Waals surface area contributed by atoms with E-state index in [4.69, 9.17) is 9.40 Å². The standard InChI is InChI=1S/C22H22N4O3/c1-14(27)25-8-6-16(12-25)21-23-11-17-13-26(9-7-18(17)24-21)22(28)20-10-15-4-2-3-5-19(15)29-20/h2-5,10-11,16H,6-9,12-13H2,1H3/t16-/m0/s1. The first-order valence-corrected chi connectivity index (χ1v) is 9.96. The molecule has 4 heterocycles. The molecule has 1 fully saturated rings. The van der Waals surface area contributed by atoms with Crippen molar-refractivity contribution in [2.45, 2.75) is 32.2 Å². The zero-order valence-electron chi connectivity index (χ0n) is 16.3. The molecule has 2 aliphatic rings. The molecule has 5 rings (SSSR count). The topological polar surface area (TPSA) is 79.5 Å². The number of para-hydroxylation sites is 1. The third kappa shape index (κ3) is 3.26. The number of fused-ring (bicyclic) bond motifs is 2. The van der Waals surface area contributed by atoms with Gasteiger partial charge in [-0.3, -0.25) is 9.59 Å². The molecule has 3 aromatic rings. The van der Waals surface area contributed by atoms with Crippen LogP contribution in [0.3, 0.4) is 0 Å². The Hall–Kier alpha value is -3.22. The molecule has 1 saturated heterocycles. The van der Waals surface area contributed by atoms with Gasteiger partial charge in [0.1, 0.15) is 11.4 Å². The van der Waals surface area contributed by atoms with E-state index in [0.29, 0.717) is 31.8 Å². The van der Waals surface area contributed by atoms with Crippen LogP contribution in [0, 0.1) is 0 Å². The highest BCUT2D eigenvalue weighted by Gasteiger charge is 2.30. The summed E-state index contributed by atoms with van der Waals surface area (Å²) >= 11 is 0.